The summed E-state index contributed by atoms with van der Waals surface area (Å²) in [6.45, 7) is 2.65. The standard InChI is InChI=1S/C17H20FNO/c1-13(14-7-4-3-5-8-14)20-17(12-19-2)15-9-6-10-16(18)11-15/h3-11,13,17,19H,12H2,1-2H3. The lowest BCUT2D eigenvalue weighted by Gasteiger charge is -2.23. The SMILES string of the molecule is CNCC(OC(C)c1ccccc1)c1cccc(F)c1. The molecule has 0 aliphatic heterocycles. The zero-order valence-electron chi connectivity index (χ0n) is 11.8. The highest BCUT2D eigenvalue weighted by Crippen LogP contribution is 2.26. The molecule has 106 valence electrons. The molecule has 0 amide bonds. The maximum atomic E-state index is 13.4. The van der Waals surface area contributed by atoms with Crippen molar-refractivity contribution in [3.8, 4) is 0 Å². The van der Waals surface area contributed by atoms with Crippen molar-refractivity contribution in [2.24, 2.45) is 0 Å². The van der Waals surface area contributed by atoms with Crippen molar-refractivity contribution in [1.29, 1.82) is 0 Å². The van der Waals surface area contributed by atoms with Gasteiger partial charge in [-0.3, -0.25) is 0 Å². The van der Waals surface area contributed by atoms with Gasteiger partial charge >= 0.3 is 0 Å². The van der Waals surface area contributed by atoms with Gasteiger partial charge in [-0.2, -0.15) is 0 Å². The van der Waals surface area contributed by atoms with Crippen LogP contribution in [-0.2, 0) is 4.74 Å². The van der Waals surface area contributed by atoms with Crippen LogP contribution in [0.25, 0.3) is 0 Å². The third-order valence-corrected chi connectivity index (χ3v) is 3.25. The highest BCUT2D eigenvalue weighted by molar-refractivity contribution is 5.21. The van der Waals surface area contributed by atoms with Crippen LogP contribution >= 0.6 is 0 Å². The maximum absolute atomic E-state index is 13.4. The van der Waals surface area contributed by atoms with E-state index in [0.29, 0.717) is 6.54 Å². The summed E-state index contributed by atoms with van der Waals surface area (Å²) in [5.74, 6) is -0.237. The number of hydrogen-bond donors (Lipinski definition) is 1. The molecule has 20 heavy (non-hydrogen) atoms. The van der Waals surface area contributed by atoms with E-state index in [2.05, 4.69) is 5.32 Å². The van der Waals surface area contributed by atoms with Crippen LogP contribution in [0.5, 0.6) is 0 Å². The minimum absolute atomic E-state index is 0.0437. The molecule has 0 saturated carbocycles. The van der Waals surface area contributed by atoms with Crippen LogP contribution in [0, 0.1) is 5.82 Å². The third-order valence-electron chi connectivity index (χ3n) is 3.25. The zero-order chi connectivity index (χ0) is 14.4. The molecule has 0 spiro atoms. The van der Waals surface area contributed by atoms with E-state index in [4.69, 9.17) is 4.74 Å². The summed E-state index contributed by atoms with van der Waals surface area (Å²) in [5.41, 5.74) is 1.96. The fourth-order valence-corrected chi connectivity index (χ4v) is 2.19. The van der Waals surface area contributed by atoms with E-state index < -0.39 is 0 Å². The molecule has 2 unspecified atom stereocenters. The molecule has 0 aliphatic carbocycles. The summed E-state index contributed by atoms with van der Waals surface area (Å²) in [5, 5.41) is 3.10. The van der Waals surface area contributed by atoms with Crippen LogP contribution in [0.1, 0.15) is 30.3 Å². The molecular weight excluding hydrogens is 253 g/mol. The van der Waals surface area contributed by atoms with Crippen LogP contribution in [0.2, 0.25) is 0 Å². The molecule has 0 saturated heterocycles. The summed E-state index contributed by atoms with van der Waals surface area (Å²) < 4.78 is 19.4. The first kappa shape index (κ1) is 14.7. The van der Waals surface area contributed by atoms with E-state index in [1.54, 1.807) is 6.07 Å². The number of ether oxygens (including phenoxy) is 1. The second kappa shape index (κ2) is 7.17. The average molecular weight is 273 g/mol. The van der Waals surface area contributed by atoms with Crippen molar-refractivity contribution in [2.75, 3.05) is 13.6 Å². The van der Waals surface area contributed by atoms with Crippen LogP contribution < -0.4 is 5.32 Å². The second-order valence-corrected chi connectivity index (χ2v) is 4.79. The van der Waals surface area contributed by atoms with Gasteiger partial charge in [0.05, 0.1) is 12.2 Å². The summed E-state index contributed by atoms with van der Waals surface area (Å²) in [4.78, 5) is 0. The normalized spacial score (nSPS) is 13.9. The van der Waals surface area contributed by atoms with Crippen molar-refractivity contribution in [3.05, 3.63) is 71.5 Å². The fraction of sp³-hybridized carbons (Fsp3) is 0.294. The van der Waals surface area contributed by atoms with Crippen LogP contribution in [0.15, 0.2) is 54.6 Å². The van der Waals surface area contributed by atoms with Crippen molar-refractivity contribution in [3.63, 3.8) is 0 Å². The molecule has 2 atom stereocenters. The Morgan fingerprint density at radius 2 is 1.75 bits per heavy atom. The number of likely N-dealkylation sites (N-methyl/N-ethyl adjacent to an activating group) is 1. The summed E-state index contributed by atoms with van der Waals surface area (Å²) >= 11 is 0. The van der Waals surface area contributed by atoms with E-state index in [-0.39, 0.29) is 18.0 Å². The third kappa shape index (κ3) is 3.89. The molecule has 0 aromatic heterocycles. The first-order chi connectivity index (χ1) is 9.70. The van der Waals surface area contributed by atoms with Crippen molar-refractivity contribution >= 4 is 0 Å². The lowest BCUT2D eigenvalue weighted by atomic mass is 10.1. The van der Waals surface area contributed by atoms with Gasteiger partial charge in [0, 0.05) is 6.54 Å². The molecule has 3 heteroatoms. The van der Waals surface area contributed by atoms with Crippen LogP contribution in [0.3, 0.4) is 0 Å². The average Bonchev–Trinajstić information content (AvgIpc) is 2.47. The molecule has 1 N–H and O–H groups in total. The topological polar surface area (TPSA) is 21.3 Å². The van der Waals surface area contributed by atoms with E-state index in [9.17, 15) is 4.39 Å². The van der Waals surface area contributed by atoms with Crippen LogP contribution in [-0.4, -0.2) is 13.6 Å². The van der Waals surface area contributed by atoms with E-state index >= 15 is 0 Å². The van der Waals surface area contributed by atoms with Gasteiger partial charge in [-0.05, 0) is 37.2 Å². The molecule has 0 bridgehead atoms. The minimum Gasteiger partial charge on any atom is -0.365 e. The predicted molar refractivity (Wildman–Crippen MR) is 79.0 cm³/mol. The molecule has 2 rings (SSSR count). The quantitative estimate of drug-likeness (QED) is 0.862. The molecule has 2 aromatic rings. The maximum Gasteiger partial charge on any atom is 0.123 e. The fourth-order valence-electron chi connectivity index (χ4n) is 2.19. The number of benzene rings is 2. The monoisotopic (exact) mass is 273 g/mol. The highest BCUT2D eigenvalue weighted by Gasteiger charge is 2.16. The molecule has 0 aliphatic rings. The first-order valence-electron chi connectivity index (χ1n) is 6.81. The molecule has 0 fully saturated rings. The van der Waals surface area contributed by atoms with Gasteiger partial charge in [-0.15, -0.1) is 0 Å². The molecule has 0 heterocycles. The predicted octanol–water partition coefficient (Wildman–Crippen LogP) is 3.86. The van der Waals surface area contributed by atoms with Crippen molar-refractivity contribution < 1.29 is 9.13 Å². The van der Waals surface area contributed by atoms with E-state index in [0.717, 1.165) is 11.1 Å². The number of hydrogen-bond acceptors (Lipinski definition) is 2. The minimum atomic E-state index is -0.237. The Morgan fingerprint density at radius 3 is 2.40 bits per heavy atom. The summed E-state index contributed by atoms with van der Waals surface area (Å²) in [6, 6.07) is 16.6. The lowest BCUT2D eigenvalue weighted by Crippen LogP contribution is -2.21. The second-order valence-electron chi connectivity index (χ2n) is 4.79. The smallest absolute Gasteiger partial charge is 0.123 e. The zero-order valence-corrected chi connectivity index (χ0v) is 11.8. The van der Waals surface area contributed by atoms with E-state index in [1.165, 1.54) is 12.1 Å². The number of rotatable bonds is 6. The van der Waals surface area contributed by atoms with E-state index in [1.807, 2.05) is 50.4 Å². The highest BCUT2D eigenvalue weighted by atomic mass is 19.1. The van der Waals surface area contributed by atoms with Gasteiger partial charge in [0.15, 0.2) is 0 Å². The number of nitrogens with one attached hydrogen (secondary N) is 1. The Labute approximate surface area is 119 Å². The van der Waals surface area contributed by atoms with Gasteiger partial charge in [-0.25, -0.2) is 4.39 Å². The number of halogens is 1. The molecule has 0 radical (unpaired) electrons. The Morgan fingerprint density at radius 1 is 1.05 bits per heavy atom. The van der Waals surface area contributed by atoms with Crippen molar-refractivity contribution in [2.45, 2.75) is 19.1 Å². The Balaban J connectivity index is 2.13. The molecule has 2 aromatic carbocycles. The summed E-state index contributed by atoms with van der Waals surface area (Å²) in [7, 11) is 1.86. The summed E-state index contributed by atoms with van der Waals surface area (Å²) in [6.07, 6.45) is -0.219. The van der Waals surface area contributed by atoms with Crippen molar-refractivity contribution in [1.82, 2.24) is 5.32 Å². The Hall–Kier alpha value is -1.71. The van der Waals surface area contributed by atoms with Gasteiger partial charge < -0.3 is 10.1 Å². The largest absolute Gasteiger partial charge is 0.365 e. The molecule has 2 nitrogen and oxygen atoms in total. The molecular formula is C17H20FNO. The Kier molecular flexibility index (Phi) is 5.27. The van der Waals surface area contributed by atoms with Gasteiger partial charge in [0.1, 0.15) is 5.82 Å². The van der Waals surface area contributed by atoms with Gasteiger partial charge in [0.2, 0.25) is 0 Å². The van der Waals surface area contributed by atoms with Gasteiger partial charge in [-0.1, -0.05) is 42.5 Å². The first-order valence-corrected chi connectivity index (χ1v) is 6.81. The Bertz CT molecular complexity index is 530. The van der Waals surface area contributed by atoms with Crippen LogP contribution in [0.4, 0.5) is 4.39 Å². The van der Waals surface area contributed by atoms with Gasteiger partial charge in [0.25, 0.3) is 0 Å². The lowest BCUT2D eigenvalue weighted by molar-refractivity contribution is -0.00355.